The van der Waals surface area contributed by atoms with E-state index in [1.54, 1.807) is 0 Å². The van der Waals surface area contributed by atoms with Crippen molar-refractivity contribution in [2.45, 2.75) is 69.6 Å². The van der Waals surface area contributed by atoms with Crippen LogP contribution in [0.2, 0.25) is 0 Å². The van der Waals surface area contributed by atoms with Gasteiger partial charge < -0.3 is 15.5 Å². The van der Waals surface area contributed by atoms with Gasteiger partial charge in [0.1, 0.15) is 12.6 Å². The molecule has 0 unspecified atom stereocenters. The fourth-order valence-electron chi connectivity index (χ4n) is 4.62. The minimum absolute atomic E-state index is 0.0639. The molecule has 0 bridgehead atoms. The average Bonchev–Trinajstić information content (AvgIpc) is 3.32. The van der Waals surface area contributed by atoms with Gasteiger partial charge >= 0.3 is 0 Å². The third kappa shape index (κ3) is 3.43. The third-order valence-corrected chi connectivity index (χ3v) is 6.04. The van der Waals surface area contributed by atoms with E-state index < -0.39 is 0 Å². The summed E-state index contributed by atoms with van der Waals surface area (Å²) in [6.07, 6.45) is 7.07. The number of nitrogens with zero attached hydrogens (tertiary/aromatic N) is 1. The van der Waals surface area contributed by atoms with Crippen LogP contribution in [0.25, 0.3) is 0 Å². The zero-order chi connectivity index (χ0) is 17.2. The fraction of sp³-hybridized carbons (Fsp3) is 0.600. The summed E-state index contributed by atoms with van der Waals surface area (Å²) in [7, 11) is 0. The number of benzene rings is 1. The van der Waals surface area contributed by atoms with Crippen molar-refractivity contribution in [3.8, 4) is 0 Å². The molecule has 1 saturated heterocycles. The number of hydrogen-bond acceptors (Lipinski definition) is 2. The van der Waals surface area contributed by atoms with E-state index in [0.717, 1.165) is 38.6 Å². The smallest absolute Gasteiger partial charge is 0.281 e. The Bertz CT molecular complexity index is 654. The molecular formula is C20H28N3O2+. The molecule has 5 nitrogen and oxygen atoms in total. The van der Waals surface area contributed by atoms with Crippen LogP contribution in [-0.4, -0.2) is 41.4 Å². The van der Waals surface area contributed by atoms with E-state index in [9.17, 15) is 9.59 Å². The van der Waals surface area contributed by atoms with Crippen LogP contribution in [0.15, 0.2) is 24.3 Å². The number of quaternary nitrogens is 1. The van der Waals surface area contributed by atoms with Gasteiger partial charge in [0, 0.05) is 24.6 Å². The van der Waals surface area contributed by atoms with Crippen LogP contribution in [0.4, 0.5) is 0 Å². The summed E-state index contributed by atoms with van der Waals surface area (Å²) >= 11 is 0. The molecule has 1 saturated carbocycles. The van der Waals surface area contributed by atoms with E-state index in [-0.39, 0.29) is 23.9 Å². The number of hydrogen-bond donors (Lipinski definition) is 2. The maximum atomic E-state index is 13.1. The highest BCUT2D eigenvalue weighted by Gasteiger charge is 2.40. The Labute approximate surface area is 149 Å². The quantitative estimate of drug-likeness (QED) is 0.850. The van der Waals surface area contributed by atoms with Crippen LogP contribution in [0.5, 0.6) is 0 Å². The maximum Gasteiger partial charge on any atom is 0.281 e. The van der Waals surface area contributed by atoms with Gasteiger partial charge in [-0.3, -0.25) is 9.59 Å². The number of amides is 2. The summed E-state index contributed by atoms with van der Waals surface area (Å²) < 4.78 is 0. The summed E-state index contributed by atoms with van der Waals surface area (Å²) in [5, 5.41) is 5.32. The minimum atomic E-state index is -0.265. The van der Waals surface area contributed by atoms with Gasteiger partial charge in [-0.2, -0.15) is 0 Å². The van der Waals surface area contributed by atoms with Crippen LogP contribution < -0.4 is 10.6 Å². The molecule has 0 radical (unpaired) electrons. The first-order valence-electron chi connectivity index (χ1n) is 9.73. The van der Waals surface area contributed by atoms with Gasteiger partial charge in [-0.15, -0.1) is 0 Å². The summed E-state index contributed by atoms with van der Waals surface area (Å²) in [6.45, 7) is 1.56. The van der Waals surface area contributed by atoms with Crippen molar-refractivity contribution in [3.63, 3.8) is 0 Å². The molecule has 0 spiro atoms. The van der Waals surface area contributed by atoms with Crippen molar-refractivity contribution in [2.75, 3.05) is 6.54 Å². The Kier molecular flexibility index (Phi) is 4.75. The summed E-state index contributed by atoms with van der Waals surface area (Å²) in [5.74, 6) is 0.201. The van der Waals surface area contributed by atoms with E-state index in [4.69, 9.17) is 0 Å². The van der Waals surface area contributed by atoms with Gasteiger partial charge in [-0.25, -0.2) is 0 Å². The number of nitrogens with two attached hydrogens (primary N) is 1. The predicted molar refractivity (Wildman–Crippen MR) is 94.7 cm³/mol. The second-order valence-corrected chi connectivity index (χ2v) is 7.70. The van der Waals surface area contributed by atoms with Crippen LogP contribution >= 0.6 is 0 Å². The molecule has 1 aromatic rings. The molecule has 25 heavy (non-hydrogen) atoms. The Hall–Kier alpha value is -1.88. The molecular weight excluding hydrogens is 314 g/mol. The molecule has 1 aromatic carbocycles. The zero-order valence-corrected chi connectivity index (χ0v) is 14.7. The van der Waals surface area contributed by atoms with E-state index in [2.05, 4.69) is 28.8 Å². The number of likely N-dealkylation sites (tertiary alicyclic amines) is 1. The highest BCUT2D eigenvalue weighted by molar-refractivity contribution is 5.90. The topological polar surface area (TPSA) is 66.0 Å². The number of fused-ring (bicyclic) bond motifs is 1. The Morgan fingerprint density at radius 1 is 1.04 bits per heavy atom. The standard InChI is InChI=1S/C20H27N3O2/c24-19(22-16-8-3-4-9-16)18-10-5-11-23(18)20(25)17-12-14-6-1-2-7-15(14)13-21-17/h1-2,6-7,16-18,21H,3-5,8-13H2,(H,22,24)/p+1/t17-,18+/m0/s1. The number of nitrogens with one attached hydrogen (secondary N) is 1. The summed E-state index contributed by atoms with van der Waals surface area (Å²) in [5.41, 5.74) is 2.60. The lowest BCUT2D eigenvalue weighted by atomic mass is 9.95. The van der Waals surface area contributed by atoms with Gasteiger partial charge in [0.25, 0.3) is 5.91 Å². The van der Waals surface area contributed by atoms with Gasteiger partial charge in [0.15, 0.2) is 6.04 Å². The van der Waals surface area contributed by atoms with Crippen molar-refractivity contribution in [2.24, 2.45) is 0 Å². The predicted octanol–water partition coefficient (Wildman–Crippen LogP) is 0.725. The van der Waals surface area contributed by atoms with Crippen LogP contribution in [0.3, 0.4) is 0 Å². The summed E-state index contributed by atoms with van der Waals surface area (Å²) in [6, 6.07) is 8.32. The largest absolute Gasteiger partial charge is 0.352 e. The van der Waals surface area contributed by atoms with Crippen molar-refractivity contribution in [3.05, 3.63) is 35.4 Å². The van der Waals surface area contributed by atoms with Gasteiger partial charge in [-0.1, -0.05) is 37.1 Å². The molecule has 0 aromatic heterocycles. The monoisotopic (exact) mass is 342 g/mol. The Morgan fingerprint density at radius 3 is 2.60 bits per heavy atom. The molecule has 2 aliphatic heterocycles. The van der Waals surface area contributed by atoms with Crippen LogP contribution in [0, 0.1) is 0 Å². The van der Waals surface area contributed by atoms with Crippen molar-refractivity contribution < 1.29 is 14.9 Å². The first-order chi connectivity index (χ1) is 12.2. The van der Waals surface area contributed by atoms with Crippen LogP contribution in [0.1, 0.15) is 49.7 Å². The van der Waals surface area contributed by atoms with Crippen molar-refractivity contribution in [1.82, 2.24) is 10.2 Å². The molecule has 134 valence electrons. The van der Waals surface area contributed by atoms with Gasteiger partial charge in [-0.05, 0) is 31.2 Å². The summed E-state index contributed by atoms with van der Waals surface area (Å²) in [4.78, 5) is 27.6. The van der Waals surface area contributed by atoms with E-state index in [0.29, 0.717) is 12.6 Å². The molecule has 2 heterocycles. The van der Waals surface area contributed by atoms with Crippen LogP contribution in [-0.2, 0) is 22.6 Å². The number of carbonyl (C=O) groups is 2. The van der Waals surface area contributed by atoms with Gasteiger partial charge in [0.05, 0.1) is 0 Å². The normalized spacial score (nSPS) is 26.5. The van der Waals surface area contributed by atoms with Gasteiger partial charge in [0.2, 0.25) is 5.91 Å². The van der Waals surface area contributed by atoms with E-state index >= 15 is 0 Å². The van der Waals surface area contributed by atoms with Crippen molar-refractivity contribution >= 4 is 11.8 Å². The molecule has 4 rings (SSSR count). The molecule has 3 N–H and O–H groups in total. The third-order valence-electron chi connectivity index (χ3n) is 6.04. The highest BCUT2D eigenvalue weighted by Crippen LogP contribution is 2.23. The highest BCUT2D eigenvalue weighted by atomic mass is 16.2. The van der Waals surface area contributed by atoms with E-state index in [1.165, 1.54) is 24.0 Å². The Morgan fingerprint density at radius 2 is 1.80 bits per heavy atom. The number of carbonyl (C=O) groups excluding carboxylic acids is 2. The first kappa shape index (κ1) is 16.6. The fourth-order valence-corrected chi connectivity index (χ4v) is 4.62. The minimum Gasteiger partial charge on any atom is -0.352 e. The zero-order valence-electron chi connectivity index (χ0n) is 14.7. The molecule has 2 amide bonds. The molecule has 2 fully saturated rings. The second-order valence-electron chi connectivity index (χ2n) is 7.70. The molecule has 5 heteroatoms. The number of rotatable bonds is 3. The van der Waals surface area contributed by atoms with E-state index in [1.807, 2.05) is 11.0 Å². The SMILES string of the molecule is O=C(NC1CCCC1)[C@H]1CCCN1C(=O)[C@@H]1Cc2ccccc2C[NH2+]1. The maximum absolute atomic E-state index is 13.1. The lowest BCUT2D eigenvalue weighted by Crippen LogP contribution is -2.93. The molecule has 2 atom stereocenters. The lowest BCUT2D eigenvalue weighted by molar-refractivity contribution is -0.695. The van der Waals surface area contributed by atoms with Crippen molar-refractivity contribution in [1.29, 1.82) is 0 Å². The Balaban J connectivity index is 1.41. The molecule has 1 aliphatic carbocycles. The average molecular weight is 342 g/mol. The first-order valence-corrected chi connectivity index (χ1v) is 9.73. The lowest BCUT2D eigenvalue weighted by Gasteiger charge is -2.30. The molecule has 3 aliphatic rings. The second kappa shape index (κ2) is 7.16.